The highest BCUT2D eigenvalue weighted by molar-refractivity contribution is 6.12. The summed E-state index contributed by atoms with van der Waals surface area (Å²) in [5.41, 5.74) is 5.99. The molecule has 4 aromatic rings. The highest BCUT2D eigenvalue weighted by Gasteiger charge is 2.16. The van der Waals surface area contributed by atoms with Gasteiger partial charge in [0, 0.05) is 16.7 Å². The molecule has 132 valence electrons. The van der Waals surface area contributed by atoms with Crippen LogP contribution in [-0.4, -0.2) is 20.8 Å². The van der Waals surface area contributed by atoms with Crippen molar-refractivity contribution in [3.63, 3.8) is 0 Å². The highest BCUT2D eigenvalue weighted by Crippen LogP contribution is 2.25. The van der Waals surface area contributed by atoms with Crippen LogP contribution in [-0.2, 0) is 0 Å². The van der Waals surface area contributed by atoms with Crippen molar-refractivity contribution in [2.75, 3.05) is 0 Å². The van der Waals surface area contributed by atoms with Gasteiger partial charge >= 0.3 is 0 Å². The Balaban J connectivity index is 1.72. The third-order valence-electron chi connectivity index (χ3n) is 4.55. The summed E-state index contributed by atoms with van der Waals surface area (Å²) in [5.74, 6) is -0.0181. The van der Waals surface area contributed by atoms with Gasteiger partial charge in [-0.3, -0.25) is 4.79 Å². The highest BCUT2D eigenvalue weighted by atomic mass is 16.1. The van der Waals surface area contributed by atoms with Gasteiger partial charge in [-0.15, -0.1) is 5.10 Å². The molecule has 0 unspecified atom stereocenters. The zero-order valence-corrected chi connectivity index (χ0v) is 15.3. The first-order valence-electron chi connectivity index (χ1n) is 8.82. The number of nitrogens with zero attached hydrogens (tertiary/aromatic N) is 3. The van der Waals surface area contributed by atoms with Gasteiger partial charge in [0.1, 0.15) is 5.69 Å². The molecule has 4 nitrogen and oxygen atoms in total. The van der Waals surface area contributed by atoms with E-state index in [0.29, 0.717) is 16.8 Å². The lowest BCUT2D eigenvalue weighted by molar-refractivity contribution is 0.103. The zero-order valence-electron chi connectivity index (χ0n) is 15.3. The summed E-state index contributed by atoms with van der Waals surface area (Å²) in [5, 5.41) is 8.53. The number of aromatic nitrogens is 3. The van der Waals surface area contributed by atoms with Crippen molar-refractivity contribution in [2.24, 2.45) is 0 Å². The molecule has 4 rings (SSSR count). The van der Waals surface area contributed by atoms with Gasteiger partial charge in [-0.1, -0.05) is 77.0 Å². The van der Waals surface area contributed by atoms with E-state index >= 15 is 0 Å². The number of hydrogen-bond acceptors (Lipinski definition) is 3. The van der Waals surface area contributed by atoms with Gasteiger partial charge in [0.25, 0.3) is 0 Å². The van der Waals surface area contributed by atoms with Crippen molar-refractivity contribution in [1.82, 2.24) is 15.0 Å². The molecule has 3 aromatic carbocycles. The predicted molar refractivity (Wildman–Crippen MR) is 106 cm³/mol. The van der Waals surface area contributed by atoms with Crippen LogP contribution in [0.5, 0.6) is 0 Å². The van der Waals surface area contributed by atoms with Crippen molar-refractivity contribution in [2.45, 2.75) is 13.8 Å². The minimum atomic E-state index is -0.0181. The van der Waals surface area contributed by atoms with Gasteiger partial charge in [0.15, 0.2) is 5.78 Å². The Morgan fingerprint density at radius 2 is 1.44 bits per heavy atom. The second-order valence-corrected chi connectivity index (χ2v) is 6.62. The maximum Gasteiger partial charge on any atom is 0.193 e. The van der Waals surface area contributed by atoms with E-state index < -0.39 is 0 Å². The van der Waals surface area contributed by atoms with Gasteiger partial charge in [0.2, 0.25) is 0 Å². The van der Waals surface area contributed by atoms with Gasteiger partial charge in [-0.2, -0.15) is 0 Å². The lowest BCUT2D eigenvalue weighted by atomic mass is 9.96. The molecule has 0 saturated carbocycles. The quantitative estimate of drug-likeness (QED) is 0.496. The molecule has 0 aliphatic heterocycles. The number of carbonyl (C=O) groups excluding carboxylic acids is 1. The third kappa shape index (κ3) is 3.42. The predicted octanol–water partition coefficient (Wildman–Crippen LogP) is 4.78. The monoisotopic (exact) mass is 353 g/mol. The fourth-order valence-corrected chi connectivity index (χ4v) is 2.98. The smallest absolute Gasteiger partial charge is 0.193 e. The Morgan fingerprint density at radius 1 is 0.815 bits per heavy atom. The number of rotatable bonds is 4. The summed E-state index contributed by atoms with van der Waals surface area (Å²) < 4.78 is 1.72. The van der Waals surface area contributed by atoms with Crippen molar-refractivity contribution in [3.8, 4) is 16.9 Å². The molecule has 0 radical (unpaired) electrons. The maximum atomic E-state index is 13.0. The van der Waals surface area contributed by atoms with E-state index in [4.69, 9.17) is 0 Å². The van der Waals surface area contributed by atoms with E-state index in [-0.39, 0.29) is 5.78 Å². The first kappa shape index (κ1) is 16.9. The van der Waals surface area contributed by atoms with Crippen LogP contribution in [0, 0.1) is 13.8 Å². The third-order valence-corrected chi connectivity index (χ3v) is 4.55. The van der Waals surface area contributed by atoms with E-state index in [1.807, 2.05) is 92.8 Å². The van der Waals surface area contributed by atoms with E-state index in [1.54, 1.807) is 4.68 Å². The molecule has 0 spiro atoms. The van der Waals surface area contributed by atoms with Gasteiger partial charge in [-0.25, -0.2) is 4.68 Å². The Kier molecular flexibility index (Phi) is 4.38. The summed E-state index contributed by atoms with van der Waals surface area (Å²) in [7, 11) is 0. The van der Waals surface area contributed by atoms with Crippen LogP contribution in [0.1, 0.15) is 27.0 Å². The van der Waals surface area contributed by atoms with E-state index in [1.165, 1.54) is 5.56 Å². The van der Waals surface area contributed by atoms with Crippen LogP contribution in [0.15, 0.2) is 79.0 Å². The van der Waals surface area contributed by atoms with Crippen molar-refractivity contribution >= 4 is 5.78 Å². The summed E-state index contributed by atoms with van der Waals surface area (Å²) in [6.07, 6.45) is 1.85. The fraction of sp³-hybridized carbons (Fsp3) is 0.0870. The summed E-state index contributed by atoms with van der Waals surface area (Å²) in [6.45, 7) is 4.05. The number of carbonyl (C=O) groups is 1. The zero-order chi connectivity index (χ0) is 18.8. The van der Waals surface area contributed by atoms with E-state index in [9.17, 15) is 4.79 Å². The molecule has 0 saturated heterocycles. The van der Waals surface area contributed by atoms with Crippen molar-refractivity contribution < 1.29 is 4.79 Å². The number of aryl methyl sites for hydroxylation is 2. The lowest BCUT2D eigenvalue weighted by Crippen LogP contribution is -2.03. The maximum absolute atomic E-state index is 13.0. The number of ketones is 1. The van der Waals surface area contributed by atoms with E-state index in [2.05, 4.69) is 10.3 Å². The van der Waals surface area contributed by atoms with Crippen LogP contribution >= 0.6 is 0 Å². The Labute approximate surface area is 158 Å². The Morgan fingerprint density at radius 3 is 2.15 bits per heavy atom. The molecule has 0 bridgehead atoms. The summed E-state index contributed by atoms with van der Waals surface area (Å²) >= 11 is 0. The largest absolute Gasteiger partial charge is 0.289 e. The standard InChI is InChI=1S/C23H19N3O/c1-16-7-11-18(12-8-16)23(27)21-6-4-3-5-20(21)22-15-26(25-24-22)19-13-9-17(2)10-14-19/h3-15H,1-2H3. The Bertz CT molecular complexity index is 1090. The normalized spacial score (nSPS) is 10.7. The van der Waals surface area contributed by atoms with Crippen LogP contribution < -0.4 is 0 Å². The summed E-state index contributed by atoms with van der Waals surface area (Å²) in [4.78, 5) is 13.0. The molecule has 0 atom stereocenters. The molecule has 1 aromatic heterocycles. The second kappa shape index (κ2) is 7.00. The second-order valence-electron chi connectivity index (χ2n) is 6.62. The molecule has 0 fully saturated rings. The number of benzene rings is 3. The van der Waals surface area contributed by atoms with Crippen molar-refractivity contribution in [1.29, 1.82) is 0 Å². The minimum absolute atomic E-state index is 0.0181. The average Bonchev–Trinajstić information content (AvgIpc) is 3.19. The van der Waals surface area contributed by atoms with Gasteiger partial charge in [0.05, 0.1) is 11.9 Å². The number of hydrogen-bond donors (Lipinski definition) is 0. The van der Waals surface area contributed by atoms with E-state index in [0.717, 1.165) is 16.8 Å². The van der Waals surface area contributed by atoms with Crippen molar-refractivity contribution in [3.05, 3.63) is 101 Å². The molecule has 4 heteroatoms. The SMILES string of the molecule is Cc1ccc(C(=O)c2ccccc2-c2cn(-c3ccc(C)cc3)nn2)cc1. The van der Waals surface area contributed by atoms with Gasteiger partial charge in [-0.05, 0) is 26.0 Å². The molecule has 0 amide bonds. The van der Waals surface area contributed by atoms with Crippen LogP contribution in [0.4, 0.5) is 0 Å². The molecule has 0 N–H and O–H groups in total. The molecule has 27 heavy (non-hydrogen) atoms. The molecule has 0 aliphatic rings. The lowest BCUT2D eigenvalue weighted by Gasteiger charge is -2.07. The first-order chi connectivity index (χ1) is 13.1. The summed E-state index contributed by atoms with van der Waals surface area (Å²) in [6, 6.07) is 23.2. The van der Waals surface area contributed by atoms with Crippen LogP contribution in [0.25, 0.3) is 16.9 Å². The molecule has 1 heterocycles. The average molecular weight is 353 g/mol. The van der Waals surface area contributed by atoms with Gasteiger partial charge < -0.3 is 0 Å². The molecular formula is C23H19N3O. The minimum Gasteiger partial charge on any atom is -0.289 e. The fourth-order valence-electron chi connectivity index (χ4n) is 2.98. The Hall–Kier alpha value is -3.53. The van der Waals surface area contributed by atoms with Crippen LogP contribution in [0.2, 0.25) is 0 Å². The topological polar surface area (TPSA) is 47.8 Å². The molecular weight excluding hydrogens is 334 g/mol. The first-order valence-corrected chi connectivity index (χ1v) is 8.82. The molecule has 0 aliphatic carbocycles. The van der Waals surface area contributed by atoms with Crippen LogP contribution in [0.3, 0.4) is 0 Å².